The largest absolute Gasteiger partial charge is 0.756 e. The molecule has 0 saturated carbocycles. The Labute approximate surface area is 265 Å². The molecule has 256 valence electrons. The summed E-state index contributed by atoms with van der Waals surface area (Å²) in [5, 5.41) is 13.5. The molecule has 0 radical (unpaired) electrons. The lowest BCUT2D eigenvalue weighted by Gasteiger charge is -2.29. The first kappa shape index (κ1) is 42.2. The van der Waals surface area contributed by atoms with Crippen molar-refractivity contribution in [3.63, 3.8) is 0 Å². The molecule has 1 amide bonds. The number of hydrogen-bond donors (Lipinski definition) is 2. The van der Waals surface area contributed by atoms with E-state index in [1.165, 1.54) is 89.9 Å². The average Bonchev–Trinajstić information content (AvgIpc) is 2.93. The molecule has 0 aromatic carbocycles. The molecule has 0 aliphatic carbocycles. The van der Waals surface area contributed by atoms with Crippen molar-refractivity contribution in [3.05, 3.63) is 12.2 Å². The van der Waals surface area contributed by atoms with E-state index >= 15 is 0 Å². The molecule has 0 fully saturated rings. The number of amides is 1. The summed E-state index contributed by atoms with van der Waals surface area (Å²) in [4.78, 5) is 24.6. The first-order valence-electron chi connectivity index (χ1n) is 17.6. The van der Waals surface area contributed by atoms with Crippen LogP contribution in [-0.4, -0.2) is 68.5 Å². The summed E-state index contributed by atoms with van der Waals surface area (Å²) in [5.41, 5.74) is 0. The summed E-state index contributed by atoms with van der Waals surface area (Å²) >= 11 is 0. The van der Waals surface area contributed by atoms with Crippen molar-refractivity contribution in [1.82, 2.24) is 5.32 Å². The maximum Gasteiger partial charge on any atom is 0.268 e. The number of unbranched alkanes of at least 4 members (excludes halogenated alkanes) is 18. The van der Waals surface area contributed by atoms with Gasteiger partial charge in [0.1, 0.15) is 13.2 Å². The molecule has 0 saturated heterocycles. The van der Waals surface area contributed by atoms with Gasteiger partial charge in [-0.05, 0) is 19.3 Å². The molecule has 0 aromatic rings. The molecule has 0 aromatic heterocycles. The van der Waals surface area contributed by atoms with Crippen LogP contribution < -0.4 is 10.2 Å². The molecule has 0 heterocycles. The minimum absolute atomic E-state index is 0.0000856. The molecule has 9 heteroatoms. The summed E-state index contributed by atoms with van der Waals surface area (Å²) in [6, 6.07) is -0.875. The van der Waals surface area contributed by atoms with E-state index in [9.17, 15) is 19.4 Å². The van der Waals surface area contributed by atoms with Crippen LogP contribution in [0.5, 0.6) is 0 Å². The number of nitrogens with one attached hydrogen (secondary N) is 1. The quantitative estimate of drug-likeness (QED) is 0.0349. The third-order valence-corrected chi connectivity index (χ3v) is 8.71. The van der Waals surface area contributed by atoms with Gasteiger partial charge in [0.25, 0.3) is 7.82 Å². The lowest BCUT2D eigenvalue weighted by molar-refractivity contribution is -0.870. The Morgan fingerprint density at radius 3 is 1.74 bits per heavy atom. The summed E-state index contributed by atoms with van der Waals surface area (Å²) < 4.78 is 22.8. The minimum Gasteiger partial charge on any atom is -0.756 e. The predicted molar refractivity (Wildman–Crippen MR) is 178 cm³/mol. The maximum atomic E-state index is 12.4. The van der Waals surface area contributed by atoms with Crippen LogP contribution in [0, 0.1) is 0 Å². The molecular weight excluding hydrogens is 563 g/mol. The zero-order chi connectivity index (χ0) is 32.2. The molecule has 0 spiro atoms. The van der Waals surface area contributed by atoms with E-state index in [4.69, 9.17) is 9.05 Å². The summed E-state index contributed by atoms with van der Waals surface area (Å²) in [5.74, 6) is -0.223. The Balaban J connectivity index is 4.24. The Bertz CT molecular complexity index is 728. The Morgan fingerprint density at radius 2 is 1.26 bits per heavy atom. The number of hydrogen-bond acceptors (Lipinski definition) is 6. The number of carbonyl (C=O) groups excluding carboxylic acids is 1. The highest BCUT2D eigenvalue weighted by Gasteiger charge is 2.23. The van der Waals surface area contributed by atoms with E-state index in [1.807, 2.05) is 27.2 Å². The number of quaternary nitrogens is 1. The van der Waals surface area contributed by atoms with Crippen LogP contribution in [0.3, 0.4) is 0 Å². The fourth-order valence-corrected chi connectivity index (χ4v) is 5.58. The third-order valence-electron chi connectivity index (χ3n) is 7.75. The van der Waals surface area contributed by atoms with E-state index in [1.54, 1.807) is 6.08 Å². The number of allylic oxidation sites excluding steroid dienone is 1. The average molecular weight is 633 g/mol. The third kappa shape index (κ3) is 29.7. The van der Waals surface area contributed by atoms with Crippen molar-refractivity contribution in [1.29, 1.82) is 0 Å². The van der Waals surface area contributed by atoms with Crippen molar-refractivity contribution in [2.75, 3.05) is 40.9 Å². The second kappa shape index (κ2) is 27.5. The van der Waals surface area contributed by atoms with Crippen LogP contribution in [-0.2, 0) is 18.4 Å². The predicted octanol–water partition coefficient (Wildman–Crippen LogP) is 7.83. The molecule has 0 aliphatic rings. The van der Waals surface area contributed by atoms with Gasteiger partial charge in [-0.25, -0.2) is 0 Å². The molecule has 0 aliphatic heterocycles. The zero-order valence-electron chi connectivity index (χ0n) is 28.7. The fourth-order valence-electron chi connectivity index (χ4n) is 4.86. The number of carbonyl (C=O) groups is 1. The highest BCUT2D eigenvalue weighted by molar-refractivity contribution is 7.45. The van der Waals surface area contributed by atoms with Crippen LogP contribution in [0.1, 0.15) is 149 Å². The van der Waals surface area contributed by atoms with Gasteiger partial charge in [0.05, 0.1) is 39.9 Å². The molecular formula is C34H69N2O6P. The van der Waals surface area contributed by atoms with Gasteiger partial charge in [0.15, 0.2) is 0 Å². The molecule has 0 rings (SSSR count). The van der Waals surface area contributed by atoms with E-state index in [-0.39, 0.29) is 19.1 Å². The Kier molecular flexibility index (Phi) is 27.1. The minimum atomic E-state index is -4.55. The lowest BCUT2D eigenvalue weighted by Crippen LogP contribution is -2.45. The number of likely N-dealkylation sites (N-methyl/N-ethyl adjacent to an activating group) is 1. The van der Waals surface area contributed by atoms with Gasteiger partial charge >= 0.3 is 0 Å². The van der Waals surface area contributed by atoms with Crippen molar-refractivity contribution < 1.29 is 32.9 Å². The summed E-state index contributed by atoms with van der Waals surface area (Å²) in [6.07, 6.45) is 27.6. The van der Waals surface area contributed by atoms with E-state index in [2.05, 4.69) is 19.2 Å². The maximum absolute atomic E-state index is 12.4. The van der Waals surface area contributed by atoms with Gasteiger partial charge in [0, 0.05) is 6.42 Å². The topological polar surface area (TPSA) is 108 Å². The number of phosphoric ester groups is 1. The molecule has 3 unspecified atom stereocenters. The van der Waals surface area contributed by atoms with Crippen LogP contribution in [0.25, 0.3) is 0 Å². The van der Waals surface area contributed by atoms with Crippen molar-refractivity contribution in [2.24, 2.45) is 0 Å². The monoisotopic (exact) mass is 632 g/mol. The number of nitrogens with zero attached hydrogens (tertiary/aromatic N) is 1. The highest BCUT2D eigenvalue weighted by Crippen LogP contribution is 2.38. The van der Waals surface area contributed by atoms with Crippen molar-refractivity contribution in [3.8, 4) is 0 Å². The van der Waals surface area contributed by atoms with Crippen LogP contribution in [0.4, 0.5) is 0 Å². The highest BCUT2D eigenvalue weighted by atomic mass is 31.2. The normalized spacial score (nSPS) is 15.0. The number of aliphatic hydroxyl groups excluding tert-OH is 1. The number of phosphoric acid groups is 1. The van der Waals surface area contributed by atoms with Gasteiger partial charge < -0.3 is 28.8 Å². The van der Waals surface area contributed by atoms with Crippen molar-refractivity contribution in [2.45, 2.75) is 161 Å². The number of rotatable bonds is 31. The second-order valence-electron chi connectivity index (χ2n) is 13.2. The first-order chi connectivity index (χ1) is 20.5. The lowest BCUT2D eigenvalue weighted by atomic mass is 10.0. The van der Waals surface area contributed by atoms with E-state index in [0.717, 1.165) is 38.5 Å². The van der Waals surface area contributed by atoms with Crippen LogP contribution >= 0.6 is 7.82 Å². The first-order valence-corrected chi connectivity index (χ1v) is 19.0. The second-order valence-corrected chi connectivity index (χ2v) is 14.6. The number of aliphatic hydroxyl groups is 1. The standard InChI is InChI=1S/C34H69N2O6P/c1-6-8-10-11-12-13-14-15-16-17-18-19-20-21-22-23-24-26-27-33(37)32(35-34(38)28-25-9-7-2)31-42-43(39,40)41-30-29-36(3,4)5/h26-27,32-33,37H,6-25,28-31H2,1-5H3,(H-,35,38,39,40)/b27-26+. The van der Waals surface area contributed by atoms with Crippen LogP contribution in [0.2, 0.25) is 0 Å². The van der Waals surface area contributed by atoms with Gasteiger partial charge in [-0.2, -0.15) is 0 Å². The van der Waals surface area contributed by atoms with Crippen molar-refractivity contribution >= 4 is 13.7 Å². The molecule has 8 nitrogen and oxygen atoms in total. The fraction of sp³-hybridized carbons (Fsp3) is 0.912. The van der Waals surface area contributed by atoms with Gasteiger partial charge in [-0.1, -0.05) is 135 Å². The van der Waals surface area contributed by atoms with Crippen LogP contribution in [0.15, 0.2) is 12.2 Å². The molecule has 3 atom stereocenters. The molecule has 43 heavy (non-hydrogen) atoms. The molecule has 0 bridgehead atoms. The summed E-state index contributed by atoms with van der Waals surface area (Å²) in [7, 11) is 1.26. The van der Waals surface area contributed by atoms with Gasteiger partial charge in [-0.15, -0.1) is 0 Å². The summed E-state index contributed by atoms with van der Waals surface area (Å²) in [6.45, 7) is 4.45. The van der Waals surface area contributed by atoms with E-state index < -0.39 is 20.0 Å². The smallest absolute Gasteiger partial charge is 0.268 e. The Morgan fingerprint density at radius 1 is 0.791 bits per heavy atom. The Hall–Kier alpha value is -0.760. The van der Waals surface area contributed by atoms with Gasteiger partial charge in [-0.3, -0.25) is 9.36 Å². The molecule has 2 N–H and O–H groups in total. The van der Waals surface area contributed by atoms with Gasteiger partial charge in [0.2, 0.25) is 5.91 Å². The van der Waals surface area contributed by atoms with E-state index in [0.29, 0.717) is 17.4 Å². The zero-order valence-corrected chi connectivity index (χ0v) is 29.6. The SMILES string of the molecule is CCCCCCCCCCCCCCCCCC/C=C/C(O)C(COP(=O)([O-])OCC[N+](C)(C)C)NC(=O)CCCCC.